The monoisotopic (exact) mass is 97.1 g/mol. The summed E-state index contributed by atoms with van der Waals surface area (Å²) in [6.45, 7) is 3.95. The van der Waals surface area contributed by atoms with Crippen molar-refractivity contribution in [1.29, 1.82) is 0 Å². The zero-order valence-electron chi connectivity index (χ0n) is 4.44. The van der Waals surface area contributed by atoms with Gasteiger partial charge in [-0.05, 0) is 6.92 Å². The maximum atomic E-state index is 3.95. The SMILES string of the molecule is CC1C#[N+]CCN1. The van der Waals surface area contributed by atoms with E-state index < -0.39 is 0 Å². The second-order valence-corrected chi connectivity index (χ2v) is 1.69. The summed E-state index contributed by atoms with van der Waals surface area (Å²) in [5.74, 6) is 0. The largest absolute Gasteiger partial charge is 0.291 e. The summed E-state index contributed by atoms with van der Waals surface area (Å²) in [4.78, 5) is 3.95. The average molecular weight is 97.1 g/mol. The lowest BCUT2D eigenvalue weighted by atomic mass is 10.3. The van der Waals surface area contributed by atoms with Crippen molar-refractivity contribution in [2.75, 3.05) is 13.1 Å². The molecule has 38 valence electrons. The minimum Gasteiger partial charge on any atom is -0.291 e. The molecule has 1 aliphatic rings. The molecule has 0 spiro atoms. The third kappa shape index (κ3) is 1.17. The van der Waals surface area contributed by atoms with Gasteiger partial charge in [0.1, 0.15) is 6.04 Å². The van der Waals surface area contributed by atoms with Gasteiger partial charge in [-0.2, -0.15) is 0 Å². The third-order valence-corrected chi connectivity index (χ3v) is 0.959. The molecular weight excluding hydrogens is 88.1 g/mol. The predicted molar refractivity (Wildman–Crippen MR) is 29.6 cm³/mol. The van der Waals surface area contributed by atoms with Crippen molar-refractivity contribution in [2.45, 2.75) is 13.0 Å². The highest BCUT2D eigenvalue weighted by molar-refractivity contribution is 5.00. The summed E-state index contributed by atoms with van der Waals surface area (Å²) < 4.78 is 0. The van der Waals surface area contributed by atoms with Crippen molar-refractivity contribution in [3.05, 3.63) is 4.85 Å². The van der Waals surface area contributed by atoms with E-state index in [4.69, 9.17) is 0 Å². The minimum atomic E-state index is 0.369. The normalized spacial score (nSPS) is 28.4. The van der Waals surface area contributed by atoms with Gasteiger partial charge in [-0.1, -0.05) is 4.85 Å². The molecule has 1 aliphatic heterocycles. The number of rotatable bonds is 0. The first-order valence-corrected chi connectivity index (χ1v) is 2.55. The molecule has 2 heteroatoms. The Kier molecular flexibility index (Phi) is 1.28. The smallest absolute Gasteiger partial charge is 0.291 e. The first kappa shape index (κ1) is 4.61. The molecule has 0 aromatic heterocycles. The Bertz CT molecular complexity index is 109. The Morgan fingerprint density at radius 2 is 2.71 bits per heavy atom. The molecule has 1 unspecified atom stereocenters. The van der Waals surface area contributed by atoms with Crippen molar-refractivity contribution >= 4 is 0 Å². The Morgan fingerprint density at radius 3 is 3.00 bits per heavy atom. The Hall–Kier alpha value is -0.550. The summed E-state index contributed by atoms with van der Waals surface area (Å²) in [5.41, 5.74) is 0. The maximum Gasteiger partial charge on any atom is 0.291 e. The average Bonchev–Trinajstić information content (AvgIpc) is 1.69. The van der Waals surface area contributed by atoms with Crippen LogP contribution in [-0.2, 0) is 0 Å². The fourth-order valence-corrected chi connectivity index (χ4v) is 0.584. The molecule has 7 heavy (non-hydrogen) atoms. The lowest BCUT2D eigenvalue weighted by Crippen LogP contribution is -2.29. The maximum absolute atomic E-state index is 3.95. The van der Waals surface area contributed by atoms with E-state index in [1.165, 1.54) is 0 Å². The molecule has 0 aromatic rings. The second-order valence-electron chi connectivity index (χ2n) is 1.69. The molecule has 1 N–H and O–H groups in total. The molecular formula is C5H9N2+. The van der Waals surface area contributed by atoms with Crippen LogP contribution in [0.25, 0.3) is 4.85 Å². The van der Waals surface area contributed by atoms with E-state index in [9.17, 15) is 0 Å². The molecule has 0 radical (unpaired) electrons. The van der Waals surface area contributed by atoms with E-state index in [2.05, 4.69) is 16.2 Å². The van der Waals surface area contributed by atoms with Crippen molar-refractivity contribution < 1.29 is 0 Å². The second kappa shape index (κ2) is 1.94. The molecule has 0 fully saturated rings. The van der Waals surface area contributed by atoms with Gasteiger partial charge in [0.05, 0.1) is 6.54 Å². The molecule has 1 heterocycles. The van der Waals surface area contributed by atoms with Gasteiger partial charge in [0.25, 0.3) is 12.6 Å². The van der Waals surface area contributed by atoms with E-state index in [-0.39, 0.29) is 0 Å². The number of hydrogen-bond donors (Lipinski definition) is 1. The van der Waals surface area contributed by atoms with E-state index in [1.54, 1.807) is 0 Å². The first-order chi connectivity index (χ1) is 3.39. The fraction of sp³-hybridized carbons (Fsp3) is 0.800. The zero-order chi connectivity index (χ0) is 5.11. The van der Waals surface area contributed by atoms with Gasteiger partial charge in [-0.25, -0.2) is 0 Å². The predicted octanol–water partition coefficient (Wildman–Crippen LogP) is 0.311. The van der Waals surface area contributed by atoms with Crippen LogP contribution in [0, 0.1) is 6.07 Å². The van der Waals surface area contributed by atoms with Gasteiger partial charge in [0, 0.05) is 0 Å². The van der Waals surface area contributed by atoms with Crippen molar-refractivity contribution in [3.8, 4) is 6.07 Å². The van der Waals surface area contributed by atoms with Crippen molar-refractivity contribution in [1.82, 2.24) is 5.32 Å². The quantitative estimate of drug-likeness (QED) is 0.460. The molecule has 0 amide bonds. The van der Waals surface area contributed by atoms with E-state index in [1.807, 2.05) is 6.92 Å². The number of hydrogen-bond acceptors (Lipinski definition) is 1. The van der Waals surface area contributed by atoms with Crippen LogP contribution in [0.1, 0.15) is 6.92 Å². The lowest BCUT2D eigenvalue weighted by molar-refractivity contribution is 0.651. The van der Waals surface area contributed by atoms with Gasteiger partial charge in [-0.3, -0.25) is 5.32 Å². The molecule has 0 bridgehead atoms. The Balaban J connectivity index is 2.45. The van der Waals surface area contributed by atoms with Gasteiger partial charge >= 0.3 is 0 Å². The van der Waals surface area contributed by atoms with Crippen LogP contribution in [0.5, 0.6) is 0 Å². The molecule has 1 rings (SSSR count). The Labute approximate surface area is 43.3 Å². The molecule has 0 aliphatic carbocycles. The lowest BCUT2D eigenvalue weighted by Gasteiger charge is -1.98. The molecule has 0 saturated heterocycles. The fourth-order valence-electron chi connectivity index (χ4n) is 0.584. The summed E-state index contributed by atoms with van der Waals surface area (Å²) >= 11 is 0. The van der Waals surface area contributed by atoms with Crippen molar-refractivity contribution in [3.63, 3.8) is 0 Å². The van der Waals surface area contributed by atoms with Crippen LogP contribution in [-0.4, -0.2) is 19.1 Å². The van der Waals surface area contributed by atoms with Crippen LogP contribution in [0.2, 0.25) is 0 Å². The van der Waals surface area contributed by atoms with Crippen LogP contribution in [0.15, 0.2) is 0 Å². The molecule has 0 aromatic carbocycles. The molecule has 1 atom stereocenters. The van der Waals surface area contributed by atoms with Crippen LogP contribution in [0.3, 0.4) is 0 Å². The minimum absolute atomic E-state index is 0.369. The van der Waals surface area contributed by atoms with Gasteiger partial charge in [0.15, 0.2) is 0 Å². The highest BCUT2D eigenvalue weighted by Gasteiger charge is 2.07. The van der Waals surface area contributed by atoms with Gasteiger partial charge in [-0.15, -0.1) is 0 Å². The summed E-state index contributed by atoms with van der Waals surface area (Å²) in [7, 11) is 0. The van der Waals surface area contributed by atoms with Gasteiger partial charge in [0.2, 0.25) is 0 Å². The van der Waals surface area contributed by atoms with Crippen LogP contribution in [0.4, 0.5) is 0 Å². The van der Waals surface area contributed by atoms with Crippen molar-refractivity contribution in [2.24, 2.45) is 0 Å². The third-order valence-electron chi connectivity index (χ3n) is 0.959. The summed E-state index contributed by atoms with van der Waals surface area (Å²) in [5, 5.41) is 3.18. The van der Waals surface area contributed by atoms with Gasteiger partial charge < -0.3 is 0 Å². The standard InChI is InChI=1S/C5H9N2/c1-5-4-6-2-3-7-5/h5,7H,2-3H2,1H3/q+1. The topological polar surface area (TPSA) is 16.4 Å². The van der Waals surface area contributed by atoms with E-state index in [0.29, 0.717) is 6.04 Å². The van der Waals surface area contributed by atoms with E-state index in [0.717, 1.165) is 13.1 Å². The van der Waals surface area contributed by atoms with E-state index >= 15 is 0 Å². The number of nitrogens with one attached hydrogen (secondary N) is 1. The number of nitrogens with zero attached hydrogens (tertiary/aromatic N) is 1. The zero-order valence-corrected chi connectivity index (χ0v) is 4.44. The van der Waals surface area contributed by atoms with Crippen LogP contribution >= 0.6 is 0 Å². The molecule has 0 saturated carbocycles. The first-order valence-electron chi connectivity index (χ1n) is 2.55. The summed E-state index contributed by atoms with van der Waals surface area (Å²) in [6.07, 6.45) is 0. The highest BCUT2D eigenvalue weighted by Crippen LogP contribution is 1.83. The molecule has 2 nitrogen and oxygen atoms in total. The summed E-state index contributed by atoms with van der Waals surface area (Å²) in [6, 6.07) is 3.27. The Morgan fingerprint density at radius 1 is 1.86 bits per heavy atom. The highest BCUT2D eigenvalue weighted by atomic mass is 15.0. The van der Waals surface area contributed by atoms with Crippen LogP contribution < -0.4 is 5.32 Å².